The Bertz CT molecular complexity index is 3570. The van der Waals surface area contributed by atoms with Crippen LogP contribution in [0.25, 0.3) is 11.1 Å². The molecule has 2 fully saturated rings. The SMILES string of the molecule is COc1ccc(C2=CN3C(=O)c4cc(OC)c(OCCCOc5cc6c(cc5OC)C(=O)N5C=C(c7ccc(NC(=O)[C@H](C)CC(=O)[C@@H](NC(=O)CCCCN8C(=O)C9C%10C=C(C(C)C)C(C%10)C9C8=O)C(C)C)cc7)C[C@H]5C=N6)cc4N=C[C@@H]3C2)cc1. The lowest BCUT2D eigenvalue weighted by Crippen LogP contribution is -2.45. The van der Waals surface area contributed by atoms with Crippen LogP contribution in [-0.2, 0) is 24.0 Å². The molecule has 7 aliphatic rings. The maximum Gasteiger partial charge on any atom is 0.260 e. The molecule has 5 aliphatic heterocycles. The van der Waals surface area contributed by atoms with E-state index in [0.717, 1.165) is 34.4 Å². The Morgan fingerprint density at radius 3 is 1.74 bits per heavy atom. The van der Waals surface area contributed by atoms with E-state index in [1.54, 1.807) is 72.7 Å². The van der Waals surface area contributed by atoms with Gasteiger partial charge in [0, 0.05) is 87.2 Å². The Labute approximate surface area is 506 Å². The number of imide groups is 1. The van der Waals surface area contributed by atoms with E-state index in [1.807, 2.05) is 62.6 Å². The smallest absolute Gasteiger partial charge is 0.260 e. The van der Waals surface area contributed by atoms with Gasteiger partial charge in [0.2, 0.25) is 23.6 Å². The number of nitrogens with one attached hydrogen (secondary N) is 2. The summed E-state index contributed by atoms with van der Waals surface area (Å²) in [6.07, 6.45) is 13.0. The van der Waals surface area contributed by atoms with Crippen LogP contribution in [0.1, 0.15) is 118 Å². The molecule has 87 heavy (non-hydrogen) atoms. The minimum absolute atomic E-state index is 0.0772. The predicted molar refractivity (Wildman–Crippen MR) is 329 cm³/mol. The Hall–Kier alpha value is -8.87. The van der Waals surface area contributed by atoms with Gasteiger partial charge in [-0.25, -0.2) is 0 Å². The number of ketones is 1. The number of amides is 6. The van der Waals surface area contributed by atoms with Crippen molar-refractivity contribution in [3.63, 3.8) is 0 Å². The summed E-state index contributed by atoms with van der Waals surface area (Å²) in [5.41, 5.74) is 7.33. The third-order valence-electron chi connectivity index (χ3n) is 17.9. The van der Waals surface area contributed by atoms with Crippen LogP contribution >= 0.6 is 0 Å². The first-order chi connectivity index (χ1) is 41.9. The van der Waals surface area contributed by atoms with E-state index in [1.165, 1.54) is 24.7 Å². The first kappa shape index (κ1) is 59.8. The minimum atomic E-state index is -0.784. The maximum atomic E-state index is 14.2. The largest absolute Gasteiger partial charge is 0.497 e. The molecule has 19 heteroatoms. The number of rotatable bonds is 24. The molecular weight excluding hydrogens is 1110 g/mol. The van der Waals surface area contributed by atoms with E-state index >= 15 is 0 Å². The molecule has 454 valence electrons. The van der Waals surface area contributed by atoms with Crippen molar-refractivity contribution in [1.29, 1.82) is 0 Å². The molecule has 0 spiro atoms. The van der Waals surface area contributed by atoms with E-state index in [-0.39, 0.29) is 115 Å². The highest BCUT2D eigenvalue weighted by molar-refractivity contribution is 6.08. The number of fused-ring (bicyclic) bond motifs is 9. The highest BCUT2D eigenvalue weighted by Crippen LogP contribution is 2.57. The van der Waals surface area contributed by atoms with Gasteiger partial charge in [0.05, 0.1) is 87.0 Å². The number of methoxy groups -OCH3 is 3. The number of hydrogen-bond donors (Lipinski definition) is 2. The molecule has 2 aliphatic carbocycles. The Balaban J connectivity index is 0.629. The highest BCUT2D eigenvalue weighted by atomic mass is 16.5. The number of likely N-dealkylation sites (tertiary alicyclic amines) is 1. The summed E-state index contributed by atoms with van der Waals surface area (Å²) in [5.74, 6) is 0.131. The molecule has 0 aromatic heterocycles. The van der Waals surface area contributed by atoms with Crippen molar-refractivity contribution < 1.29 is 57.2 Å². The summed E-state index contributed by atoms with van der Waals surface area (Å²) >= 11 is 0. The predicted octanol–water partition coefficient (Wildman–Crippen LogP) is 10.2. The van der Waals surface area contributed by atoms with E-state index in [9.17, 15) is 33.6 Å². The molecule has 6 amide bonds. The number of anilines is 1. The normalized spacial score (nSPS) is 22.0. The average Bonchev–Trinajstić information content (AvgIpc) is 1.62. The number of aliphatic imine (C=N–C) groups is 2. The minimum Gasteiger partial charge on any atom is -0.497 e. The summed E-state index contributed by atoms with van der Waals surface area (Å²) in [5, 5.41) is 5.81. The monoisotopic (exact) mass is 1180 g/mol. The second-order valence-electron chi connectivity index (χ2n) is 24.2. The lowest BCUT2D eigenvalue weighted by molar-refractivity contribution is -0.140. The van der Waals surface area contributed by atoms with Gasteiger partial charge in [0.15, 0.2) is 28.8 Å². The molecular formula is C68H75N7O12. The van der Waals surface area contributed by atoms with E-state index < -0.39 is 12.0 Å². The summed E-state index contributed by atoms with van der Waals surface area (Å²) in [4.78, 5) is 109. The van der Waals surface area contributed by atoms with Gasteiger partial charge < -0.3 is 44.1 Å². The van der Waals surface area contributed by atoms with Gasteiger partial charge in [-0.3, -0.25) is 48.4 Å². The van der Waals surface area contributed by atoms with Crippen LogP contribution in [0.2, 0.25) is 0 Å². The summed E-state index contributed by atoms with van der Waals surface area (Å²) in [6, 6.07) is 20.4. The number of unbranched alkanes of at least 4 members (excludes halogenated alkanes) is 1. The molecule has 19 nitrogen and oxygen atoms in total. The van der Waals surface area contributed by atoms with Crippen molar-refractivity contribution in [3.05, 3.63) is 119 Å². The first-order valence-corrected chi connectivity index (χ1v) is 30.2. The fraction of sp³-hybridized carbons (Fsp3) is 0.426. The lowest BCUT2D eigenvalue weighted by atomic mass is 9.78. The summed E-state index contributed by atoms with van der Waals surface area (Å²) < 4.78 is 29.1. The van der Waals surface area contributed by atoms with Crippen molar-refractivity contribution in [1.82, 2.24) is 20.0 Å². The molecule has 4 aromatic rings. The van der Waals surface area contributed by atoms with E-state index in [4.69, 9.17) is 33.7 Å². The van der Waals surface area contributed by atoms with Crippen LogP contribution < -0.4 is 34.3 Å². The fourth-order valence-electron chi connectivity index (χ4n) is 13.3. The molecule has 1 saturated carbocycles. The van der Waals surface area contributed by atoms with Gasteiger partial charge in [-0.2, -0.15) is 0 Å². The van der Waals surface area contributed by atoms with Crippen molar-refractivity contribution in [3.8, 4) is 28.7 Å². The number of allylic oxidation sites excluding steroid dienone is 2. The number of Topliss-reactive ketones (excluding diaryl/α,β-unsaturated/α-hetero) is 1. The van der Waals surface area contributed by atoms with Gasteiger partial charge in [0.25, 0.3) is 11.8 Å². The number of carbonyl (C=O) groups is 7. The zero-order valence-electron chi connectivity index (χ0n) is 50.5. The molecule has 11 rings (SSSR count). The number of benzene rings is 4. The van der Waals surface area contributed by atoms with Crippen LogP contribution in [0.4, 0.5) is 17.1 Å². The van der Waals surface area contributed by atoms with Crippen molar-refractivity contribution in [2.45, 2.75) is 104 Å². The Morgan fingerprint density at radius 2 is 1.21 bits per heavy atom. The van der Waals surface area contributed by atoms with Crippen LogP contribution in [0.15, 0.2) is 107 Å². The number of carbonyl (C=O) groups excluding carboxylic acids is 7. The summed E-state index contributed by atoms with van der Waals surface area (Å²) in [6.45, 7) is 10.4. The Morgan fingerprint density at radius 1 is 0.655 bits per heavy atom. The van der Waals surface area contributed by atoms with Crippen LogP contribution in [-0.4, -0.2) is 128 Å². The number of hydrogen-bond acceptors (Lipinski definition) is 14. The van der Waals surface area contributed by atoms with Gasteiger partial charge in [0.1, 0.15) is 5.75 Å². The molecule has 4 aromatic carbocycles. The van der Waals surface area contributed by atoms with Crippen LogP contribution in [0.5, 0.6) is 28.7 Å². The topological polar surface area (TPSA) is 224 Å². The van der Waals surface area contributed by atoms with Gasteiger partial charge >= 0.3 is 0 Å². The molecule has 1 saturated heterocycles. The van der Waals surface area contributed by atoms with E-state index in [2.05, 4.69) is 30.6 Å². The van der Waals surface area contributed by atoms with Crippen molar-refractivity contribution >= 4 is 81.9 Å². The highest BCUT2D eigenvalue weighted by Gasteiger charge is 2.61. The summed E-state index contributed by atoms with van der Waals surface area (Å²) in [7, 11) is 4.66. The third-order valence-corrected chi connectivity index (χ3v) is 17.9. The van der Waals surface area contributed by atoms with Crippen LogP contribution in [0.3, 0.4) is 0 Å². The molecule has 0 radical (unpaired) electrons. The average molecular weight is 1180 g/mol. The lowest BCUT2D eigenvalue weighted by Gasteiger charge is -2.24. The van der Waals surface area contributed by atoms with Gasteiger partial charge in [-0.1, -0.05) is 70.5 Å². The molecule has 2 bridgehead atoms. The molecule has 2 N–H and O–H groups in total. The van der Waals surface area contributed by atoms with Gasteiger partial charge in [-0.05, 0) is 102 Å². The first-order valence-electron chi connectivity index (χ1n) is 30.2. The molecule has 8 atom stereocenters. The quantitative estimate of drug-likeness (QED) is 0.0380. The number of ether oxygens (including phenoxy) is 5. The zero-order chi connectivity index (χ0) is 61.4. The second-order valence-corrected chi connectivity index (χ2v) is 24.2. The zero-order valence-corrected chi connectivity index (χ0v) is 50.5. The second kappa shape index (κ2) is 25.2. The van der Waals surface area contributed by atoms with Crippen molar-refractivity contribution in [2.75, 3.05) is 46.4 Å². The van der Waals surface area contributed by atoms with Crippen LogP contribution in [0, 0.1) is 41.4 Å². The standard InChI is InChI=1S/C68H75N7O12/c1-37(2)49-27-42-28-50(49)62-61(42)67(81)73(68(62)82)21-10-9-12-60(77)72-63(38(3)4)55(76)24-39(5)64(78)71-45-17-13-40(14-18-45)43-25-46-33-69-53-31-58(56(84-7)29-51(53)65(79)74(46)35-43)86-22-11-23-87-59-32-54-52(30-57(59)85-8)66(80)75-36-44(26-47(75)34-70-54)41-15-19-48(83-6)20-16-41/h13-20,27,29-39,42,46-47,50,61-63H,9-12,21-26,28H2,1-8H3,(H,71,78)(H,72,77)/t39-,42?,46+,47+,50?,61?,62?,63+/m1/s1. The molecule has 4 unspecified atom stereocenters. The maximum absolute atomic E-state index is 14.2. The van der Waals surface area contributed by atoms with Gasteiger partial charge in [-0.15, -0.1) is 0 Å². The molecule has 5 heterocycles. The number of nitrogens with zero attached hydrogens (tertiary/aromatic N) is 5. The Kier molecular flexibility index (Phi) is 17.3. The fourth-order valence-corrected chi connectivity index (χ4v) is 13.3. The third kappa shape index (κ3) is 12.0. The van der Waals surface area contributed by atoms with Crippen molar-refractivity contribution in [2.24, 2.45) is 51.4 Å². The van der Waals surface area contributed by atoms with E-state index in [0.29, 0.717) is 89.2 Å².